The van der Waals surface area contributed by atoms with Crippen LogP contribution < -0.4 is 4.90 Å². The van der Waals surface area contributed by atoms with Crippen LogP contribution in [-0.4, -0.2) is 35.2 Å². The number of aldehydes is 1. The van der Waals surface area contributed by atoms with Crippen LogP contribution >= 0.6 is 15.9 Å². The number of carbonyl (C=O) groups is 2. The van der Waals surface area contributed by atoms with Crippen LogP contribution in [0.15, 0.2) is 12.3 Å². The van der Waals surface area contributed by atoms with Crippen LogP contribution in [0.1, 0.15) is 34.4 Å². The summed E-state index contributed by atoms with van der Waals surface area (Å²) in [4.78, 5) is 24.8. The zero-order chi connectivity index (χ0) is 12.3. The van der Waals surface area contributed by atoms with Gasteiger partial charge in [0.25, 0.3) is 0 Å². The molecule has 0 saturated carbocycles. The van der Waals surface area contributed by atoms with Gasteiger partial charge in [-0.2, -0.15) is 0 Å². The van der Waals surface area contributed by atoms with Crippen LogP contribution in [0, 0.1) is 0 Å². The Kier molecular flexibility index (Phi) is 3.99. The zero-order valence-corrected chi connectivity index (χ0v) is 11.1. The van der Waals surface area contributed by atoms with Crippen molar-refractivity contribution in [1.82, 2.24) is 4.57 Å². The second-order valence-electron chi connectivity index (χ2n) is 4.19. The maximum absolute atomic E-state index is 11.8. The van der Waals surface area contributed by atoms with Crippen molar-refractivity contribution >= 4 is 33.9 Å². The molecule has 1 aliphatic heterocycles. The lowest BCUT2D eigenvalue weighted by molar-refractivity contribution is 0.0944. The first kappa shape index (κ1) is 12.4. The van der Waals surface area contributed by atoms with Gasteiger partial charge in [0.2, 0.25) is 5.91 Å². The molecule has 0 aromatic carbocycles. The summed E-state index contributed by atoms with van der Waals surface area (Å²) >= 11 is 3.16. The number of halogens is 1. The minimum Gasteiger partial charge on any atom is -0.358 e. The first-order valence-corrected chi connectivity index (χ1v) is 6.90. The molecule has 0 aliphatic carbocycles. The van der Waals surface area contributed by atoms with Gasteiger partial charge in [-0.1, -0.05) is 15.9 Å². The number of anilines is 1. The van der Waals surface area contributed by atoms with Gasteiger partial charge in [0.1, 0.15) is 5.82 Å². The smallest absolute Gasteiger partial charge is 0.242 e. The van der Waals surface area contributed by atoms with Gasteiger partial charge in [-0.15, -0.1) is 0 Å². The third kappa shape index (κ3) is 2.60. The molecule has 92 valence electrons. The normalized spacial score (nSPS) is 15.9. The van der Waals surface area contributed by atoms with Crippen LogP contribution in [0.2, 0.25) is 0 Å². The molecule has 1 aromatic heterocycles. The van der Waals surface area contributed by atoms with Gasteiger partial charge < -0.3 is 4.90 Å². The monoisotopic (exact) mass is 298 g/mol. The molecule has 5 heteroatoms. The molecule has 0 unspecified atom stereocenters. The van der Waals surface area contributed by atoms with Crippen molar-refractivity contribution in [2.75, 3.05) is 23.3 Å². The van der Waals surface area contributed by atoms with Crippen molar-refractivity contribution in [2.24, 2.45) is 0 Å². The van der Waals surface area contributed by atoms with Gasteiger partial charge in [-0.05, 0) is 25.3 Å². The summed E-state index contributed by atoms with van der Waals surface area (Å²) in [6.45, 7) is 1.91. The van der Waals surface area contributed by atoms with E-state index in [1.54, 1.807) is 16.8 Å². The third-order valence-electron chi connectivity index (χ3n) is 3.02. The summed E-state index contributed by atoms with van der Waals surface area (Å²) < 4.78 is 1.57. The molecule has 1 aromatic rings. The van der Waals surface area contributed by atoms with E-state index in [9.17, 15) is 9.59 Å². The second-order valence-corrected chi connectivity index (χ2v) is 4.76. The van der Waals surface area contributed by atoms with Gasteiger partial charge in [-0.25, -0.2) is 0 Å². The van der Waals surface area contributed by atoms with Gasteiger partial charge in [0, 0.05) is 24.8 Å². The largest absolute Gasteiger partial charge is 0.358 e. The topological polar surface area (TPSA) is 42.3 Å². The molecule has 0 radical (unpaired) electrons. The van der Waals surface area contributed by atoms with E-state index >= 15 is 0 Å². The summed E-state index contributed by atoms with van der Waals surface area (Å²) in [7, 11) is 0. The Bertz CT molecular complexity index is 422. The molecule has 1 fully saturated rings. The van der Waals surface area contributed by atoms with E-state index in [1.165, 1.54) is 6.42 Å². The number of hydrogen-bond acceptors (Lipinski definition) is 3. The molecule has 0 atom stereocenters. The number of carbonyl (C=O) groups excluding carboxylic acids is 2. The number of rotatable bonds is 3. The number of nitrogens with zero attached hydrogens (tertiary/aromatic N) is 2. The highest BCUT2D eigenvalue weighted by Gasteiger charge is 2.18. The Morgan fingerprint density at radius 3 is 2.65 bits per heavy atom. The van der Waals surface area contributed by atoms with Crippen LogP contribution in [0.4, 0.5) is 5.82 Å². The van der Waals surface area contributed by atoms with Gasteiger partial charge in [-0.3, -0.25) is 14.2 Å². The first-order chi connectivity index (χ1) is 8.26. The van der Waals surface area contributed by atoms with Crippen LogP contribution in [0.3, 0.4) is 0 Å². The molecule has 2 heterocycles. The molecule has 1 aliphatic rings. The van der Waals surface area contributed by atoms with Crippen molar-refractivity contribution < 1.29 is 9.59 Å². The third-order valence-corrected chi connectivity index (χ3v) is 3.50. The van der Waals surface area contributed by atoms with Gasteiger partial charge in [0.15, 0.2) is 6.29 Å². The molecule has 2 rings (SSSR count). The molecule has 0 N–H and O–H groups in total. The molecule has 0 amide bonds. The van der Waals surface area contributed by atoms with Crippen molar-refractivity contribution in [3.8, 4) is 0 Å². The Morgan fingerprint density at radius 2 is 2.06 bits per heavy atom. The molecule has 4 nitrogen and oxygen atoms in total. The predicted molar refractivity (Wildman–Crippen MR) is 70.3 cm³/mol. The summed E-state index contributed by atoms with van der Waals surface area (Å²) in [5, 5.41) is 0.265. The second kappa shape index (κ2) is 5.49. The van der Waals surface area contributed by atoms with Crippen molar-refractivity contribution in [1.29, 1.82) is 0 Å². The minimum absolute atomic E-state index is 0.0429. The number of hydrogen-bond donors (Lipinski definition) is 0. The fourth-order valence-electron chi connectivity index (χ4n) is 2.17. The predicted octanol–water partition coefficient (Wildman–Crippen LogP) is 2.33. The quantitative estimate of drug-likeness (QED) is 0.635. The molecular weight excluding hydrogens is 284 g/mol. The summed E-state index contributed by atoms with van der Waals surface area (Å²) in [6, 6.07) is 1.79. The van der Waals surface area contributed by atoms with E-state index < -0.39 is 0 Å². The highest BCUT2D eigenvalue weighted by Crippen LogP contribution is 2.22. The molecule has 0 spiro atoms. The lowest BCUT2D eigenvalue weighted by Crippen LogP contribution is -2.32. The van der Waals surface area contributed by atoms with E-state index in [1.807, 2.05) is 0 Å². The number of alkyl halides is 1. The molecular formula is C12H15BrN2O2. The lowest BCUT2D eigenvalue weighted by Gasteiger charge is -2.29. The van der Waals surface area contributed by atoms with Crippen LogP contribution in [0.5, 0.6) is 0 Å². The van der Waals surface area contributed by atoms with Crippen molar-refractivity contribution in [3.63, 3.8) is 0 Å². The standard InChI is InChI=1S/C12H15BrN2O2/c13-7-12(17)15-8-10(9-16)6-11(15)14-4-2-1-3-5-14/h6,8-9H,1-5,7H2. The Hall–Kier alpha value is -1.10. The molecule has 1 saturated heterocycles. The molecule has 17 heavy (non-hydrogen) atoms. The fourth-order valence-corrected chi connectivity index (χ4v) is 2.44. The van der Waals surface area contributed by atoms with Crippen molar-refractivity contribution in [2.45, 2.75) is 19.3 Å². The van der Waals surface area contributed by atoms with E-state index in [0.29, 0.717) is 5.56 Å². The fraction of sp³-hybridized carbons (Fsp3) is 0.500. The average molecular weight is 299 g/mol. The van der Waals surface area contributed by atoms with E-state index in [-0.39, 0.29) is 11.2 Å². The Morgan fingerprint density at radius 1 is 1.35 bits per heavy atom. The first-order valence-electron chi connectivity index (χ1n) is 5.78. The van der Waals surface area contributed by atoms with Crippen LogP contribution in [0.25, 0.3) is 0 Å². The summed E-state index contributed by atoms with van der Waals surface area (Å²) in [5.41, 5.74) is 0.555. The maximum Gasteiger partial charge on any atom is 0.242 e. The maximum atomic E-state index is 11.8. The number of aromatic nitrogens is 1. The van der Waals surface area contributed by atoms with E-state index in [2.05, 4.69) is 20.8 Å². The van der Waals surface area contributed by atoms with E-state index in [4.69, 9.17) is 0 Å². The number of piperidine rings is 1. The van der Waals surface area contributed by atoms with Crippen LogP contribution in [-0.2, 0) is 0 Å². The summed E-state index contributed by atoms with van der Waals surface area (Å²) in [5.74, 6) is 0.801. The Labute approximate surface area is 109 Å². The van der Waals surface area contributed by atoms with Gasteiger partial charge in [0.05, 0.1) is 5.33 Å². The Balaban J connectivity index is 2.32. The lowest BCUT2D eigenvalue weighted by atomic mass is 10.1. The minimum atomic E-state index is -0.0429. The van der Waals surface area contributed by atoms with Crippen molar-refractivity contribution in [3.05, 3.63) is 17.8 Å². The van der Waals surface area contributed by atoms with Gasteiger partial charge >= 0.3 is 0 Å². The summed E-state index contributed by atoms with van der Waals surface area (Å²) in [6.07, 6.45) is 5.92. The SMILES string of the molecule is O=Cc1cc(N2CCCCC2)n(C(=O)CBr)c1. The highest BCUT2D eigenvalue weighted by molar-refractivity contribution is 9.09. The molecule has 0 bridgehead atoms. The highest BCUT2D eigenvalue weighted by atomic mass is 79.9. The average Bonchev–Trinajstić information content (AvgIpc) is 2.83. The van der Waals surface area contributed by atoms with E-state index in [0.717, 1.165) is 38.0 Å². The zero-order valence-electron chi connectivity index (χ0n) is 9.56.